The predicted molar refractivity (Wildman–Crippen MR) is 77.9 cm³/mol. The normalized spacial score (nSPS) is 17.0. The van der Waals surface area contributed by atoms with Gasteiger partial charge in [0, 0.05) is 25.1 Å². The Morgan fingerprint density at radius 2 is 2.14 bits per heavy atom. The second-order valence-electron chi connectivity index (χ2n) is 5.67. The highest BCUT2D eigenvalue weighted by Crippen LogP contribution is 2.41. The van der Waals surface area contributed by atoms with Crippen molar-refractivity contribution in [3.8, 4) is 0 Å². The van der Waals surface area contributed by atoms with E-state index in [1.54, 1.807) is 18.5 Å². The average Bonchev–Trinajstić information content (AvgIpc) is 3.13. The standard InChI is InChI=1S/C15H18N4O2/c1-18-10-16-17-15(18)14(11-5-2-3-6-11)12-7-4-8-13(9-12)19(20)21/h4,7-11,14H,2-3,5-6H2,1H3. The van der Waals surface area contributed by atoms with Crippen LogP contribution in [-0.2, 0) is 7.05 Å². The van der Waals surface area contributed by atoms with Crippen molar-refractivity contribution in [1.82, 2.24) is 14.8 Å². The molecule has 3 rings (SSSR count). The number of nitro groups is 1. The lowest BCUT2D eigenvalue weighted by atomic mass is 9.84. The summed E-state index contributed by atoms with van der Waals surface area (Å²) in [5.74, 6) is 1.46. The molecule has 6 heteroatoms. The summed E-state index contributed by atoms with van der Waals surface area (Å²) in [5.41, 5.74) is 1.10. The molecule has 1 aliphatic carbocycles. The first-order chi connectivity index (χ1) is 10.2. The molecule has 21 heavy (non-hydrogen) atoms. The predicted octanol–water partition coefficient (Wildman–Crippen LogP) is 3.05. The van der Waals surface area contributed by atoms with Crippen molar-refractivity contribution in [2.24, 2.45) is 13.0 Å². The highest BCUT2D eigenvalue weighted by atomic mass is 16.6. The van der Waals surface area contributed by atoms with Crippen LogP contribution in [0.3, 0.4) is 0 Å². The molecule has 0 bridgehead atoms. The fraction of sp³-hybridized carbons (Fsp3) is 0.467. The van der Waals surface area contributed by atoms with Gasteiger partial charge in [-0.3, -0.25) is 10.1 Å². The number of non-ortho nitro benzene ring substituents is 1. The minimum atomic E-state index is -0.341. The summed E-state index contributed by atoms with van der Waals surface area (Å²) >= 11 is 0. The van der Waals surface area contributed by atoms with Gasteiger partial charge in [0.1, 0.15) is 12.2 Å². The molecule has 0 aliphatic heterocycles. The van der Waals surface area contributed by atoms with Crippen molar-refractivity contribution < 1.29 is 4.92 Å². The molecule has 1 saturated carbocycles. The summed E-state index contributed by atoms with van der Waals surface area (Å²) in [6, 6.07) is 6.93. The molecule has 0 radical (unpaired) electrons. The summed E-state index contributed by atoms with van der Waals surface area (Å²) in [6.45, 7) is 0. The number of benzene rings is 1. The number of nitrogens with zero attached hydrogens (tertiary/aromatic N) is 4. The van der Waals surface area contributed by atoms with Crippen LogP contribution in [0.2, 0.25) is 0 Å². The molecule has 1 aromatic carbocycles. The molecular formula is C15H18N4O2. The number of aromatic nitrogens is 3. The van der Waals surface area contributed by atoms with E-state index in [-0.39, 0.29) is 16.5 Å². The van der Waals surface area contributed by atoms with E-state index < -0.39 is 0 Å². The molecule has 6 nitrogen and oxygen atoms in total. The highest BCUT2D eigenvalue weighted by molar-refractivity contribution is 5.38. The number of aryl methyl sites for hydroxylation is 1. The van der Waals surface area contributed by atoms with Crippen molar-refractivity contribution in [1.29, 1.82) is 0 Å². The molecule has 1 aliphatic rings. The van der Waals surface area contributed by atoms with Gasteiger partial charge in [-0.1, -0.05) is 25.0 Å². The molecule has 2 aromatic rings. The van der Waals surface area contributed by atoms with Crippen molar-refractivity contribution in [3.63, 3.8) is 0 Å². The van der Waals surface area contributed by atoms with Gasteiger partial charge >= 0.3 is 0 Å². The largest absolute Gasteiger partial charge is 0.320 e. The van der Waals surface area contributed by atoms with E-state index in [9.17, 15) is 10.1 Å². The van der Waals surface area contributed by atoms with Crippen LogP contribution in [0.15, 0.2) is 30.6 Å². The van der Waals surface area contributed by atoms with Gasteiger partial charge < -0.3 is 4.57 Å². The van der Waals surface area contributed by atoms with E-state index in [0.717, 1.165) is 24.2 Å². The summed E-state index contributed by atoms with van der Waals surface area (Å²) in [4.78, 5) is 10.7. The van der Waals surface area contributed by atoms with Gasteiger partial charge in [0.15, 0.2) is 0 Å². The number of nitro benzene ring substituents is 1. The van der Waals surface area contributed by atoms with E-state index in [1.165, 1.54) is 18.9 Å². The maximum absolute atomic E-state index is 11.0. The zero-order valence-corrected chi connectivity index (χ0v) is 12.0. The Bertz CT molecular complexity index is 647. The molecule has 1 heterocycles. The van der Waals surface area contributed by atoms with Gasteiger partial charge in [-0.2, -0.15) is 0 Å². The zero-order valence-electron chi connectivity index (χ0n) is 12.0. The van der Waals surface area contributed by atoms with Crippen molar-refractivity contribution in [2.75, 3.05) is 0 Å². The quantitative estimate of drug-likeness (QED) is 0.639. The first-order valence-corrected chi connectivity index (χ1v) is 7.25. The van der Waals surface area contributed by atoms with E-state index in [4.69, 9.17) is 0 Å². The van der Waals surface area contributed by atoms with Gasteiger partial charge in [-0.25, -0.2) is 0 Å². The van der Waals surface area contributed by atoms with Crippen LogP contribution < -0.4 is 0 Å². The molecule has 0 spiro atoms. The molecule has 0 amide bonds. The van der Waals surface area contributed by atoms with E-state index >= 15 is 0 Å². The highest BCUT2D eigenvalue weighted by Gasteiger charge is 2.31. The minimum Gasteiger partial charge on any atom is -0.320 e. The van der Waals surface area contributed by atoms with Gasteiger partial charge in [0.25, 0.3) is 5.69 Å². The third-order valence-corrected chi connectivity index (χ3v) is 4.34. The Hall–Kier alpha value is -2.24. The van der Waals surface area contributed by atoms with Crippen LogP contribution in [0, 0.1) is 16.0 Å². The third-order valence-electron chi connectivity index (χ3n) is 4.34. The Morgan fingerprint density at radius 1 is 1.38 bits per heavy atom. The van der Waals surface area contributed by atoms with Crippen LogP contribution >= 0.6 is 0 Å². The van der Waals surface area contributed by atoms with Crippen LogP contribution in [0.25, 0.3) is 0 Å². The van der Waals surface area contributed by atoms with Crippen LogP contribution in [-0.4, -0.2) is 19.7 Å². The molecular weight excluding hydrogens is 268 g/mol. The Labute approximate surface area is 123 Å². The lowest BCUT2D eigenvalue weighted by Gasteiger charge is -2.22. The number of hydrogen-bond donors (Lipinski definition) is 0. The second-order valence-corrected chi connectivity index (χ2v) is 5.67. The zero-order chi connectivity index (χ0) is 14.8. The van der Waals surface area contributed by atoms with Crippen LogP contribution in [0.4, 0.5) is 5.69 Å². The summed E-state index contributed by atoms with van der Waals surface area (Å²) in [7, 11) is 1.93. The van der Waals surface area contributed by atoms with Crippen LogP contribution in [0.1, 0.15) is 43.0 Å². The molecule has 1 fully saturated rings. The van der Waals surface area contributed by atoms with E-state index in [0.29, 0.717) is 5.92 Å². The third kappa shape index (κ3) is 2.66. The summed E-state index contributed by atoms with van der Waals surface area (Å²) in [5, 5.41) is 19.3. The van der Waals surface area contributed by atoms with Gasteiger partial charge in [-0.15, -0.1) is 10.2 Å². The Balaban J connectivity index is 2.04. The maximum Gasteiger partial charge on any atom is 0.269 e. The number of hydrogen-bond acceptors (Lipinski definition) is 4. The molecule has 1 atom stereocenters. The smallest absolute Gasteiger partial charge is 0.269 e. The fourth-order valence-corrected chi connectivity index (χ4v) is 3.33. The van der Waals surface area contributed by atoms with Gasteiger partial charge in [-0.05, 0) is 24.3 Å². The first kappa shape index (κ1) is 13.7. The molecule has 1 unspecified atom stereocenters. The molecule has 1 aromatic heterocycles. The minimum absolute atomic E-state index is 0.0832. The number of rotatable bonds is 4. The molecule has 110 valence electrons. The second kappa shape index (κ2) is 5.63. The van der Waals surface area contributed by atoms with Crippen molar-refractivity contribution >= 4 is 5.69 Å². The summed E-state index contributed by atoms with van der Waals surface area (Å²) in [6.07, 6.45) is 6.40. The SMILES string of the molecule is Cn1cnnc1C(c1cccc([N+](=O)[O-])c1)C1CCCC1. The van der Waals surface area contributed by atoms with Gasteiger partial charge in [0.2, 0.25) is 0 Å². The topological polar surface area (TPSA) is 73.8 Å². The molecule has 0 saturated heterocycles. The maximum atomic E-state index is 11.0. The lowest BCUT2D eigenvalue weighted by molar-refractivity contribution is -0.384. The van der Waals surface area contributed by atoms with Crippen molar-refractivity contribution in [3.05, 3.63) is 52.1 Å². The Kier molecular flexibility index (Phi) is 3.68. The van der Waals surface area contributed by atoms with Crippen LogP contribution in [0.5, 0.6) is 0 Å². The lowest BCUT2D eigenvalue weighted by Crippen LogP contribution is -2.16. The van der Waals surface area contributed by atoms with Crippen molar-refractivity contribution in [2.45, 2.75) is 31.6 Å². The van der Waals surface area contributed by atoms with Gasteiger partial charge in [0.05, 0.1) is 4.92 Å². The first-order valence-electron chi connectivity index (χ1n) is 7.25. The summed E-state index contributed by atoms with van der Waals surface area (Å²) < 4.78 is 1.92. The van der Waals surface area contributed by atoms with E-state index in [2.05, 4.69) is 10.2 Å². The van der Waals surface area contributed by atoms with E-state index in [1.807, 2.05) is 17.7 Å². The Morgan fingerprint density at radius 3 is 2.76 bits per heavy atom. The average molecular weight is 286 g/mol. The molecule has 0 N–H and O–H groups in total. The monoisotopic (exact) mass is 286 g/mol. The fourth-order valence-electron chi connectivity index (χ4n) is 3.33.